The molecule has 0 aromatic heterocycles. The number of benzene rings is 2. The van der Waals surface area contributed by atoms with E-state index in [0.29, 0.717) is 11.7 Å². The summed E-state index contributed by atoms with van der Waals surface area (Å²) in [6.07, 6.45) is 7.82. The highest BCUT2D eigenvalue weighted by molar-refractivity contribution is 7.92. The zero-order chi connectivity index (χ0) is 18.1. The van der Waals surface area contributed by atoms with E-state index in [9.17, 15) is 8.42 Å². The molecule has 138 valence electrons. The molecule has 4 rings (SSSR count). The molecular formula is C21H26N2O2S. The highest BCUT2D eigenvalue weighted by atomic mass is 32.2. The van der Waals surface area contributed by atoms with E-state index in [1.807, 2.05) is 18.2 Å². The molecular weight excluding hydrogens is 344 g/mol. The Bertz CT molecular complexity index is 877. The Balaban J connectivity index is 1.54. The minimum atomic E-state index is -3.26. The van der Waals surface area contributed by atoms with Crippen molar-refractivity contribution in [3.05, 3.63) is 54.1 Å². The quantitative estimate of drug-likeness (QED) is 0.867. The van der Waals surface area contributed by atoms with E-state index in [4.69, 9.17) is 0 Å². The lowest BCUT2D eigenvalue weighted by Gasteiger charge is -2.34. The van der Waals surface area contributed by atoms with E-state index >= 15 is 0 Å². The molecule has 5 heteroatoms. The first kappa shape index (κ1) is 17.6. The van der Waals surface area contributed by atoms with Crippen molar-refractivity contribution in [1.82, 2.24) is 4.90 Å². The fourth-order valence-electron chi connectivity index (χ4n) is 4.49. The molecule has 0 bridgehead atoms. The van der Waals surface area contributed by atoms with Gasteiger partial charge in [0.05, 0.1) is 6.26 Å². The van der Waals surface area contributed by atoms with Crippen LogP contribution < -0.4 is 4.72 Å². The highest BCUT2D eigenvalue weighted by Gasteiger charge is 2.35. The fraction of sp³-hybridized carbons (Fsp3) is 0.429. The smallest absolute Gasteiger partial charge is 0.229 e. The minimum absolute atomic E-state index is 0.563. The second-order valence-corrected chi connectivity index (χ2v) is 9.31. The van der Waals surface area contributed by atoms with Gasteiger partial charge in [-0.2, -0.15) is 0 Å². The molecule has 2 aliphatic heterocycles. The maximum absolute atomic E-state index is 11.4. The van der Waals surface area contributed by atoms with Gasteiger partial charge in [0.1, 0.15) is 0 Å². The van der Waals surface area contributed by atoms with E-state index in [1.165, 1.54) is 50.5 Å². The molecule has 2 saturated heterocycles. The average Bonchev–Trinajstić information content (AvgIpc) is 3.05. The number of nitrogens with zero attached hydrogens (tertiary/aromatic N) is 1. The summed E-state index contributed by atoms with van der Waals surface area (Å²) in [5.74, 6) is 0. The number of fused-ring (bicyclic) bond motifs is 1. The van der Waals surface area contributed by atoms with E-state index < -0.39 is 10.0 Å². The van der Waals surface area contributed by atoms with E-state index in [1.54, 1.807) is 6.07 Å². The van der Waals surface area contributed by atoms with Crippen molar-refractivity contribution in [3.8, 4) is 11.1 Å². The largest absolute Gasteiger partial charge is 0.293 e. The standard InChI is InChI=1S/C21H26N2O2S/c1-26(24,25)22-19-6-4-5-18(15-19)16-8-10-17(11-9-16)21-13-12-20-7-2-3-14-23(20)21/h4-6,8-11,15,20-22H,2-3,7,12-14H2,1H3/t20-,21-/m1/s1. The summed E-state index contributed by atoms with van der Waals surface area (Å²) in [5, 5.41) is 0. The van der Waals surface area contributed by atoms with Crippen LogP contribution in [0, 0.1) is 0 Å². The summed E-state index contributed by atoms with van der Waals surface area (Å²) in [5.41, 5.74) is 4.14. The minimum Gasteiger partial charge on any atom is -0.293 e. The lowest BCUT2D eigenvalue weighted by atomic mass is 9.99. The summed E-state index contributed by atoms with van der Waals surface area (Å²) >= 11 is 0. The van der Waals surface area contributed by atoms with Crippen molar-refractivity contribution in [1.29, 1.82) is 0 Å². The van der Waals surface area contributed by atoms with Crippen molar-refractivity contribution in [2.24, 2.45) is 0 Å². The van der Waals surface area contributed by atoms with Crippen LogP contribution in [-0.2, 0) is 10.0 Å². The van der Waals surface area contributed by atoms with Crippen molar-refractivity contribution in [2.75, 3.05) is 17.5 Å². The number of nitrogens with one attached hydrogen (secondary N) is 1. The van der Waals surface area contributed by atoms with E-state index in [-0.39, 0.29) is 0 Å². The van der Waals surface area contributed by atoms with Gasteiger partial charge in [-0.1, -0.05) is 42.8 Å². The first-order chi connectivity index (χ1) is 12.5. The molecule has 2 aromatic carbocycles. The Morgan fingerprint density at radius 1 is 0.962 bits per heavy atom. The second kappa shape index (κ2) is 7.05. The van der Waals surface area contributed by atoms with Crippen molar-refractivity contribution in [3.63, 3.8) is 0 Å². The van der Waals surface area contributed by atoms with E-state index in [2.05, 4.69) is 33.9 Å². The Kier molecular flexibility index (Phi) is 4.76. The van der Waals surface area contributed by atoms with Gasteiger partial charge in [-0.15, -0.1) is 0 Å². The third-order valence-corrected chi connectivity index (χ3v) is 6.25. The van der Waals surface area contributed by atoms with Gasteiger partial charge in [-0.3, -0.25) is 9.62 Å². The molecule has 2 fully saturated rings. The van der Waals surface area contributed by atoms with Crippen molar-refractivity contribution in [2.45, 2.75) is 44.2 Å². The fourth-order valence-corrected chi connectivity index (χ4v) is 5.05. The van der Waals surface area contributed by atoms with Crippen LogP contribution in [0.15, 0.2) is 48.5 Å². The van der Waals surface area contributed by atoms with Crippen LogP contribution in [0.5, 0.6) is 0 Å². The Hall–Kier alpha value is -1.85. The SMILES string of the molecule is CS(=O)(=O)Nc1cccc(-c2ccc([C@H]3CC[C@H]4CCCCN43)cc2)c1. The topological polar surface area (TPSA) is 49.4 Å². The predicted molar refractivity (Wildman–Crippen MR) is 107 cm³/mol. The molecule has 0 spiro atoms. The Labute approximate surface area is 156 Å². The number of hydrogen-bond donors (Lipinski definition) is 1. The monoisotopic (exact) mass is 370 g/mol. The maximum atomic E-state index is 11.4. The van der Waals surface area contributed by atoms with Gasteiger partial charge in [0.2, 0.25) is 10.0 Å². The third-order valence-electron chi connectivity index (χ3n) is 5.64. The zero-order valence-corrected chi connectivity index (χ0v) is 16.0. The molecule has 0 aliphatic carbocycles. The average molecular weight is 371 g/mol. The van der Waals surface area contributed by atoms with E-state index in [0.717, 1.165) is 17.2 Å². The van der Waals surface area contributed by atoms with Gasteiger partial charge in [-0.05, 0) is 61.1 Å². The lowest BCUT2D eigenvalue weighted by Crippen LogP contribution is -2.35. The number of piperidine rings is 1. The lowest BCUT2D eigenvalue weighted by molar-refractivity contribution is 0.150. The van der Waals surface area contributed by atoms with Gasteiger partial charge in [-0.25, -0.2) is 8.42 Å². The van der Waals surface area contributed by atoms with Gasteiger partial charge in [0, 0.05) is 17.8 Å². The van der Waals surface area contributed by atoms with Gasteiger partial charge >= 0.3 is 0 Å². The zero-order valence-electron chi connectivity index (χ0n) is 15.2. The molecule has 2 aliphatic rings. The van der Waals surface area contributed by atoms with Crippen LogP contribution in [0.4, 0.5) is 5.69 Å². The van der Waals surface area contributed by atoms with Crippen molar-refractivity contribution >= 4 is 15.7 Å². The molecule has 0 amide bonds. The molecule has 2 aromatic rings. The van der Waals surface area contributed by atoms with Crippen molar-refractivity contribution < 1.29 is 8.42 Å². The molecule has 4 nitrogen and oxygen atoms in total. The summed E-state index contributed by atoms with van der Waals surface area (Å²) < 4.78 is 25.4. The number of anilines is 1. The summed E-state index contributed by atoms with van der Waals surface area (Å²) in [4.78, 5) is 2.70. The molecule has 0 unspecified atom stereocenters. The summed E-state index contributed by atoms with van der Waals surface area (Å²) in [7, 11) is -3.26. The first-order valence-electron chi connectivity index (χ1n) is 9.43. The third kappa shape index (κ3) is 3.79. The first-order valence-corrected chi connectivity index (χ1v) is 11.3. The van der Waals surface area contributed by atoms with Crippen LogP contribution in [-0.4, -0.2) is 32.2 Å². The van der Waals surface area contributed by atoms with Crippen LogP contribution in [0.3, 0.4) is 0 Å². The normalized spacial score (nSPS) is 23.6. The predicted octanol–water partition coefficient (Wildman–Crippen LogP) is 4.41. The number of hydrogen-bond acceptors (Lipinski definition) is 3. The summed E-state index contributed by atoms with van der Waals surface area (Å²) in [6, 6.07) is 17.7. The second-order valence-electron chi connectivity index (χ2n) is 7.56. The summed E-state index contributed by atoms with van der Waals surface area (Å²) in [6.45, 7) is 1.23. The van der Waals surface area contributed by atoms with Gasteiger partial charge < -0.3 is 0 Å². The molecule has 2 atom stereocenters. The van der Waals surface area contributed by atoms with Crippen LogP contribution >= 0.6 is 0 Å². The van der Waals surface area contributed by atoms with Crippen LogP contribution in [0.25, 0.3) is 11.1 Å². The molecule has 0 radical (unpaired) electrons. The Morgan fingerprint density at radius 2 is 1.77 bits per heavy atom. The van der Waals surface area contributed by atoms with Crippen LogP contribution in [0.2, 0.25) is 0 Å². The molecule has 2 heterocycles. The maximum Gasteiger partial charge on any atom is 0.229 e. The highest BCUT2D eigenvalue weighted by Crippen LogP contribution is 2.40. The Morgan fingerprint density at radius 3 is 2.54 bits per heavy atom. The molecule has 0 saturated carbocycles. The number of sulfonamides is 1. The molecule has 1 N–H and O–H groups in total. The number of rotatable bonds is 4. The molecule has 26 heavy (non-hydrogen) atoms. The van der Waals surface area contributed by atoms with Crippen LogP contribution in [0.1, 0.15) is 43.7 Å². The van der Waals surface area contributed by atoms with Gasteiger partial charge in [0.15, 0.2) is 0 Å². The van der Waals surface area contributed by atoms with Gasteiger partial charge in [0.25, 0.3) is 0 Å².